The summed E-state index contributed by atoms with van der Waals surface area (Å²) in [5.41, 5.74) is -0.0728. The van der Waals surface area contributed by atoms with E-state index in [2.05, 4.69) is 4.98 Å². The summed E-state index contributed by atoms with van der Waals surface area (Å²) >= 11 is 0. The van der Waals surface area contributed by atoms with Gasteiger partial charge in [-0.3, -0.25) is 0 Å². The van der Waals surface area contributed by atoms with Gasteiger partial charge in [0.2, 0.25) is 0 Å². The highest BCUT2D eigenvalue weighted by Gasteiger charge is 2.38. The van der Waals surface area contributed by atoms with Crippen molar-refractivity contribution >= 4 is 10.0 Å². The molecule has 0 atom stereocenters. The molecule has 6 nitrogen and oxygen atoms in total. The number of aryl methyl sites for hydroxylation is 1. The Balaban J connectivity index is 2.15. The van der Waals surface area contributed by atoms with Crippen molar-refractivity contribution in [2.24, 2.45) is 12.5 Å². The predicted octanol–water partition coefficient (Wildman–Crippen LogP) is 0.0771. The van der Waals surface area contributed by atoms with E-state index in [9.17, 15) is 8.42 Å². The lowest BCUT2D eigenvalue weighted by Gasteiger charge is -2.40. The first kappa shape index (κ1) is 12.5. The van der Waals surface area contributed by atoms with Gasteiger partial charge in [-0.15, -0.1) is 0 Å². The van der Waals surface area contributed by atoms with Crippen LogP contribution in [0.3, 0.4) is 0 Å². The van der Waals surface area contributed by atoms with Crippen LogP contribution in [0.2, 0.25) is 0 Å². The molecule has 1 aliphatic heterocycles. The summed E-state index contributed by atoms with van der Waals surface area (Å²) < 4.78 is 32.4. The molecule has 0 unspecified atom stereocenters. The summed E-state index contributed by atoms with van der Waals surface area (Å²) in [5.74, 6) is 0. The van der Waals surface area contributed by atoms with E-state index in [1.807, 2.05) is 6.92 Å². The monoisotopic (exact) mass is 259 g/mol. The van der Waals surface area contributed by atoms with Crippen LogP contribution in [0.4, 0.5) is 0 Å². The van der Waals surface area contributed by atoms with E-state index in [0.717, 1.165) is 0 Å². The maximum absolute atomic E-state index is 12.2. The first-order valence-electron chi connectivity index (χ1n) is 5.36. The molecule has 0 aromatic carbocycles. The third-order valence-corrected chi connectivity index (χ3v) is 4.55. The lowest BCUT2D eigenvalue weighted by molar-refractivity contribution is -0.106. The van der Waals surface area contributed by atoms with Gasteiger partial charge in [-0.1, -0.05) is 6.92 Å². The van der Waals surface area contributed by atoms with Gasteiger partial charge in [0.25, 0.3) is 10.0 Å². The number of aromatic nitrogens is 2. The molecule has 0 spiro atoms. The second-order valence-corrected chi connectivity index (χ2v) is 6.93. The lowest BCUT2D eigenvalue weighted by Crippen LogP contribution is -2.49. The van der Waals surface area contributed by atoms with Crippen LogP contribution in [-0.2, 0) is 21.8 Å². The van der Waals surface area contributed by atoms with E-state index in [1.165, 1.54) is 16.8 Å². The fourth-order valence-electron chi connectivity index (χ4n) is 1.85. The number of nitrogens with zero attached hydrogens (tertiary/aromatic N) is 3. The Morgan fingerprint density at radius 1 is 1.59 bits per heavy atom. The predicted molar refractivity (Wildman–Crippen MR) is 61.9 cm³/mol. The molecule has 0 bridgehead atoms. The molecule has 1 aromatic rings. The van der Waals surface area contributed by atoms with Gasteiger partial charge < -0.3 is 9.30 Å². The molecule has 0 N–H and O–H groups in total. The Hall–Kier alpha value is -0.920. The Bertz CT molecular complexity index is 505. The lowest BCUT2D eigenvalue weighted by atomic mass is 9.89. The minimum absolute atomic E-state index is 0.0728. The molecule has 17 heavy (non-hydrogen) atoms. The van der Waals surface area contributed by atoms with Crippen LogP contribution in [0.5, 0.6) is 0 Å². The molecule has 7 heteroatoms. The van der Waals surface area contributed by atoms with Crippen LogP contribution in [0, 0.1) is 5.41 Å². The minimum atomic E-state index is -3.48. The number of rotatable bonds is 4. The van der Waals surface area contributed by atoms with E-state index >= 15 is 0 Å². The third-order valence-electron chi connectivity index (χ3n) is 2.86. The van der Waals surface area contributed by atoms with Gasteiger partial charge in [-0.2, -0.15) is 4.31 Å². The van der Waals surface area contributed by atoms with E-state index < -0.39 is 10.0 Å². The van der Waals surface area contributed by atoms with Crippen molar-refractivity contribution in [3.8, 4) is 0 Å². The van der Waals surface area contributed by atoms with Crippen molar-refractivity contribution in [1.29, 1.82) is 0 Å². The van der Waals surface area contributed by atoms with Crippen LogP contribution in [0.1, 0.15) is 6.92 Å². The van der Waals surface area contributed by atoms with E-state index in [4.69, 9.17) is 4.74 Å². The quantitative estimate of drug-likeness (QED) is 0.768. The zero-order chi connectivity index (χ0) is 12.7. The highest BCUT2D eigenvalue weighted by molar-refractivity contribution is 7.89. The largest absolute Gasteiger partial charge is 0.380 e. The van der Waals surface area contributed by atoms with Crippen molar-refractivity contribution in [2.45, 2.75) is 11.9 Å². The molecule has 0 radical (unpaired) electrons. The molecule has 1 aliphatic rings. The van der Waals surface area contributed by atoms with Crippen LogP contribution >= 0.6 is 0 Å². The topological polar surface area (TPSA) is 64.4 Å². The van der Waals surface area contributed by atoms with Crippen molar-refractivity contribution < 1.29 is 13.2 Å². The zero-order valence-corrected chi connectivity index (χ0v) is 11.1. The third kappa shape index (κ3) is 2.36. The van der Waals surface area contributed by atoms with Crippen molar-refractivity contribution in [3.05, 3.63) is 12.5 Å². The highest BCUT2D eigenvalue weighted by atomic mass is 32.2. The van der Waals surface area contributed by atoms with Crippen LogP contribution < -0.4 is 0 Å². The van der Waals surface area contributed by atoms with Gasteiger partial charge in [0.05, 0.1) is 19.5 Å². The van der Waals surface area contributed by atoms with Gasteiger partial charge >= 0.3 is 0 Å². The van der Waals surface area contributed by atoms with Crippen LogP contribution in [-0.4, -0.2) is 49.1 Å². The maximum Gasteiger partial charge on any atom is 0.261 e. The summed E-state index contributed by atoms with van der Waals surface area (Å²) in [6, 6.07) is 0. The number of imidazole rings is 1. The fourth-order valence-corrected chi connectivity index (χ4v) is 3.13. The Labute approximate surface area is 101 Å². The van der Waals surface area contributed by atoms with Crippen LogP contribution in [0.25, 0.3) is 0 Å². The molecule has 0 saturated carbocycles. The molecule has 1 aromatic heterocycles. The second-order valence-electron chi connectivity index (χ2n) is 4.94. The van der Waals surface area contributed by atoms with E-state index in [0.29, 0.717) is 19.8 Å². The normalized spacial score (nSPS) is 19.3. The van der Waals surface area contributed by atoms with Gasteiger partial charge in [0.1, 0.15) is 0 Å². The molecule has 1 saturated heterocycles. The van der Waals surface area contributed by atoms with Gasteiger partial charge in [0, 0.05) is 32.3 Å². The Morgan fingerprint density at radius 3 is 2.65 bits per heavy atom. The van der Waals surface area contributed by atoms with E-state index in [-0.39, 0.29) is 10.4 Å². The number of hydrogen-bond donors (Lipinski definition) is 0. The average Bonchev–Trinajstić information content (AvgIpc) is 2.63. The van der Waals surface area contributed by atoms with E-state index in [1.54, 1.807) is 18.7 Å². The van der Waals surface area contributed by atoms with Crippen molar-refractivity contribution in [2.75, 3.05) is 26.8 Å². The molecule has 1 fully saturated rings. The summed E-state index contributed by atoms with van der Waals surface area (Å²) in [4.78, 5) is 3.88. The SMILES string of the molecule is CN(CC1(C)COC1)S(=O)(=O)c1cn(C)cn1. The van der Waals surface area contributed by atoms with Gasteiger partial charge in [-0.05, 0) is 0 Å². The number of ether oxygens (including phenoxy) is 1. The maximum atomic E-state index is 12.2. The molecule has 0 amide bonds. The molecule has 2 rings (SSSR count). The molecule has 2 heterocycles. The summed E-state index contributed by atoms with van der Waals surface area (Å²) in [6.45, 7) is 3.68. The smallest absolute Gasteiger partial charge is 0.261 e. The first-order valence-corrected chi connectivity index (χ1v) is 6.80. The molecular weight excluding hydrogens is 242 g/mol. The standard InChI is InChI=1S/C10H17N3O3S/c1-10(6-16-7-10)5-13(3)17(14,15)9-4-12(2)8-11-9/h4,8H,5-7H2,1-3H3. The summed E-state index contributed by atoms with van der Waals surface area (Å²) in [5, 5.41) is 0.0892. The van der Waals surface area contributed by atoms with Crippen LogP contribution in [0.15, 0.2) is 17.6 Å². The summed E-state index contributed by atoms with van der Waals surface area (Å²) in [6.07, 6.45) is 2.99. The van der Waals surface area contributed by atoms with Crippen molar-refractivity contribution in [1.82, 2.24) is 13.9 Å². The van der Waals surface area contributed by atoms with Gasteiger partial charge in [0.15, 0.2) is 5.03 Å². The average molecular weight is 259 g/mol. The Kier molecular flexibility index (Phi) is 3.01. The van der Waals surface area contributed by atoms with Crippen molar-refractivity contribution in [3.63, 3.8) is 0 Å². The molecule has 96 valence electrons. The second kappa shape index (κ2) is 4.08. The highest BCUT2D eigenvalue weighted by Crippen LogP contribution is 2.28. The minimum Gasteiger partial charge on any atom is -0.380 e. The molecule has 0 aliphatic carbocycles. The fraction of sp³-hybridized carbons (Fsp3) is 0.700. The number of sulfonamides is 1. The van der Waals surface area contributed by atoms with Gasteiger partial charge in [-0.25, -0.2) is 13.4 Å². The summed E-state index contributed by atoms with van der Waals surface area (Å²) in [7, 11) is -0.162. The molecular formula is C10H17N3O3S. The first-order chi connectivity index (χ1) is 7.83. The number of hydrogen-bond acceptors (Lipinski definition) is 4. The zero-order valence-electron chi connectivity index (χ0n) is 10.3. The Morgan fingerprint density at radius 2 is 2.24 bits per heavy atom.